The van der Waals surface area contributed by atoms with Crippen LogP contribution in [-0.2, 0) is 11.0 Å². The molecule has 2 fully saturated rings. The average Bonchev–Trinajstić information content (AvgIpc) is 2.36. The van der Waals surface area contributed by atoms with E-state index in [0.29, 0.717) is 17.7 Å². The van der Waals surface area contributed by atoms with Gasteiger partial charge in [0.15, 0.2) is 0 Å². The van der Waals surface area contributed by atoms with Crippen LogP contribution in [0.25, 0.3) is 0 Å². The molecule has 0 aromatic heterocycles. The molecule has 1 saturated carbocycles. The number of urea groups is 1. The predicted molar refractivity (Wildman–Crippen MR) is 68.6 cm³/mol. The third-order valence-electron chi connectivity index (χ3n) is 4.20. The number of nitrogens with zero attached hydrogens (tertiary/aromatic N) is 1. The Morgan fingerprint density at radius 2 is 1.81 bits per heavy atom. The summed E-state index contributed by atoms with van der Waals surface area (Å²) in [6, 6.07) is 3.84. The molecule has 21 heavy (non-hydrogen) atoms. The summed E-state index contributed by atoms with van der Waals surface area (Å²) in [5.74, 6) is -0.533. The number of alkyl halides is 3. The van der Waals surface area contributed by atoms with Crippen LogP contribution < -0.4 is 10.2 Å². The van der Waals surface area contributed by atoms with Crippen molar-refractivity contribution in [3.8, 4) is 0 Å². The molecule has 1 heterocycles. The van der Waals surface area contributed by atoms with Crippen molar-refractivity contribution >= 4 is 17.6 Å². The van der Waals surface area contributed by atoms with E-state index in [1.54, 1.807) is 0 Å². The number of hydrogen-bond acceptors (Lipinski definition) is 2. The summed E-state index contributed by atoms with van der Waals surface area (Å²) in [5.41, 5.74) is -2.12. The van der Waals surface area contributed by atoms with Gasteiger partial charge in [0.05, 0.1) is 16.7 Å². The van der Waals surface area contributed by atoms with Gasteiger partial charge in [-0.2, -0.15) is 13.2 Å². The Bertz CT molecular complexity index is 608. The van der Waals surface area contributed by atoms with E-state index < -0.39 is 34.8 Å². The van der Waals surface area contributed by atoms with Gasteiger partial charge in [0.1, 0.15) is 0 Å². The van der Waals surface area contributed by atoms with Crippen LogP contribution in [0.5, 0.6) is 0 Å². The zero-order valence-electron chi connectivity index (χ0n) is 11.0. The number of amides is 3. The Balaban J connectivity index is 2.06. The van der Waals surface area contributed by atoms with Crippen LogP contribution >= 0.6 is 0 Å². The second-order valence-electron chi connectivity index (χ2n) is 5.45. The molecular formula is C14H13F3N2O2. The van der Waals surface area contributed by atoms with Crippen molar-refractivity contribution in [3.05, 3.63) is 29.8 Å². The van der Waals surface area contributed by atoms with E-state index >= 15 is 0 Å². The summed E-state index contributed by atoms with van der Waals surface area (Å²) in [4.78, 5) is 25.1. The molecule has 1 spiro atoms. The maximum Gasteiger partial charge on any atom is 0.418 e. The third-order valence-corrected chi connectivity index (χ3v) is 4.20. The molecule has 112 valence electrons. The molecule has 1 aliphatic heterocycles. The summed E-state index contributed by atoms with van der Waals surface area (Å²) in [5, 5.41) is 2.53. The van der Waals surface area contributed by atoms with Crippen LogP contribution in [0.4, 0.5) is 23.7 Å². The highest BCUT2D eigenvalue weighted by Gasteiger charge is 2.52. The quantitative estimate of drug-likeness (QED) is 0.866. The number of hydrogen-bond donors (Lipinski definition) is 1. The van der Waals surface area contributed by atoms with Gasteiger partial charge in [-0.3, -0.25) is 4.79 Å². The van der Waals surface area contributed by atoms with Crippen LogP contribution in [0.1, 0.15) is 24.8 Å². The molecule has 1 aromatic rings. The summed E-state index contributed by atoms with van der Waals surface area (Å²) in [6.45, 7) is 0.204. The Kier molecular flexibility index (Phi) is 2.96. The van der Waals surface area contributed by atoms with Gasteiger partial charge in [0.25, 0.3) is 0 Å². The molecular weight excluding hydrogens is 285 g/mol. The Hall–Kier alpha value is -2.05. The van der Waals surface area contributed by atoms with E-state index in [2.05, 4.69) is 5.32 Å². The fraction of sp³-hybridized carbons (Fsp3) is 0.429. The molecule has 1 saturated heterocycles. The SMILES string of the molecule is O=C1NCC2(CCC2)C(=O)N1c1ccccc1C(F)(F)F. The number of anilines is 1. The second kappa shape index (κ2) is 4.47. The number of imide groups is 1. The van der Waals surface area contributed by atoms with Crippen LogP contribution in [0, 0.1) is 5.41 Å². The van der Waals surface area contributed by atoms with Gasteiger partial charge in [-0.1, -0.05) is 18.6 Å². The molecule has 2 aliphatic rings. The highest BCUT2D eigenvalue weighted by Crippen LogP contribution is 2.46. The topological polar surface area (TPSA) is 49.4 Å². The van der Waals surface area contributed by atoms with E-state index in [4.69, 9.17) is 0 Å². The van der Waals surface area contributed by atoms with Crippen molar-refractivity contribution in [3.63, 3.8) is 0 Å². The first-order valence-electron chi connectivity index (χ1n) is 6.64. The fourth-order valence-corrected chi connectivity index (χ4v) is 2.85. The first-order chi connectivity index (χ1) is 9.85. The van der Waals surface area contributed by atoms with Gasteiger partial charge in [-0.25, -0.2) is 9.69 Å². The smallest absolute Gasteiger partial charge is 0.336 e. The van der Waals surface area contributed by atoms with Crippen LogP contribution in [0.3, 0.4) is 0 Å². The van der Waals surface area contributed by atoms with Gasteiger partial charge in [-0.05, 0) is 25.0 Å². The van der Waals surface area contributed by atoms with Crippen LogP contribution in [-0.4, -0.2) is 18.5 Å². The lowest BCUT2D eigenvalue weighted by molar-refractivity contribution is -0.137. The number of carbonyl (C=O) groups is 2. The standard InChI is InChI=1S/C14H13F3N2O2/c15-14(16,17)9-4-1-2-5-10(9)19-11(20)13(6-3-7-13)8-18-12(19)21/h1-2,4-5H,3,6-8H2,(H,18,21). The number of nitrogens with one attached hydrogen (secondary N) is 1. The molecule has 1 aromatic carbocycles. The van der Waals surface area contributed by atoms with Gasteiger partial charge >= 0.3 is 12.2 Å². The average molecular weight is 298 g/mol. The maximum absolute atomic E-state index is 13.1. The van der Waals surface area contributed by atoms with E-state index in [1.807, 2.05) is 0 Å². The third kappa shape index (κ3) is 2.07. The molecule has 7 heteroatoms. The summed E-state index contributed by atoms with van der Waals surface area (Å²) in [6.07, 6.45) is -2.59. The lowest BCUT2D eigenvalue weighted by atomic mass is 9.67. The molecule has 3 rings (SSSR count). The van der Waals surface area contributed by atoms with Gasteiger partial charge in [0.2, 0.25) is 5.91 Å². The summed E-state index contributed by atoms with van der Waals surface area (Å²) < 4.78 is 39.2. The molecule has 3 amide bonds. The van der Waals surface area contributed by atoms with Crippen molar-refractivity contribution in [1.29, 1.82) is 0 Å². The Morgan fingerprint density at radius 3 is 2.38 bits per heavy atom. The number of rotatable bonds is 1. The van der Waals surface area contributed by atoms with Gasteiger partial charge < -0.3 is 5.32 Å². The summed E-state index contributed by atoms with van der Waals surface area (Å²) >= 11 is 0. The lowest BCUT2D eigenvalue weighted by Gasteiger charge is -2.46. The van der Waals surface area contributed by atoms with Crippen molar-refractivity contribution in [2.24, 2.45) is 5.41 Å². The highest BCUT2D eigenvalue weighted by molar-refractivity contribution is 6.18. The Morgan fingerprint density at radius 1 is 1.14 bits per heavy atom. The van der Waals surface area contributed by atoms with Gasteiger partial charge in [-0.15, -0.1) is 0 Å². The van der Waals surface area contributed by atoms with E-state index in [9.17, 15) is 22.8 Å². The molecule has 4 nitrogen and oxygen atoms in total. The van der Waals surface area contributed by atoms with Gasteiger partial charge in [0, 0.05) is 6.54 Å². The first-order valence-corrected chi connectivity index (χ1v) is 6.64. The molecule has 1 aliphatic carbocycles. The molecule has 0 radical (unpaired) electrons. The molecule has 0 unspecified atom stereocenters. The Labute approximate surface area is 118 Å². The largest absolute Gasteiger partial charge is 0.418 e. The monoisotopic (exact) mass is 298 g/mol. The minimum atomic E-state index is -4.62. The number of para-hydroxylation sites is 1. The minimum absolute atomic E-state index is 0.204. The van der Waals surface area contributed by atoms with Crippen molar-refractivity contribution in [2.75, 3.05) is 11.4 Å². The zero-order valence-corrected chi connectivity index (χ0v) is 11.0. The molecule has 0 bridgehead atoms. The zero-order chi connectivity index (χ0) is 15.3. The van der Waals surface area contributed by atoms with Crippen LogP contribution in [0.2, 0.25) is 0 Å². The van der Waals surface area contributed by atoms with E-state index in [1.165, 1.54) is 12.1 Å². The van der Waals surface area contributed by atoms with E-state index in [-0.39, 0.29) is 6.54 Å². The predicted octanol–water partition coefficient (Wildman–Crippen LogP) is 2.93. The molecule has 0 atom stereocenters. The lowest BCUT2D eigenvalue weighted by Crippen LogP contribution is -2.63. The summed E-state index contributed by atoms with van der Waals surface area (Å²) in [7, 11) is 0. The van der Waals surface area contributed by atoms with Crippen molar-refractivity contribution in [1.82, 2.24) is 5.32 Å². The first kappa shape index (κ1) is 13.9. The fourth-order valence-electron chi connectivity index (χ4n) is 2.85. The minimum Gasteiger partial charge on any atom is -0.336 e. The number of halogens is 3. The highest BCUT2D eigenvalue weighted by atomic mass is 19.4. The maximum atomic E-state index is 13.1. The van der Waals surface area contributed by atoms with E-state index in [0.717, 1.165) is 18.6 Å². The van der Waals surface area contributed by atoms with Crippen molar-refractivity contribution < 1.29 is 22.8 Å². The van der Waals surface area contributed by atoms with Crippen molar-refractivity contribution in [2.45, 2.75) is 25.4 Å². The number of benzene rings is 1. The second-order valence-corrected chi connectivity index (χ2v) is 5.45. The molecule has 1 N–H and O–H groups in total. The number of carbonyl (C=O) groups excluding carboxylic acids is 2. The normalized spacial score (nSPS) is 21.2. The van der Waals surface area contributed by atoms with Crippen LogP contribution in [0.15, 0.2) is 24.3 Å².